The lowest BCUT2D eigenvalue weighted by Gasteiger charge is -2.31. The second-order valence-electron chi connectivity index (χ2n) is 8.67. The fourth-order valence-electron chi connectivity index (χ4n) is 4.48. The van der Waals surface area contributed by atoms with E-state index in [-0.39, 0.29) is 17.7 Å². The number of hydrogen-bond donors (Lipinski definition) is 2. The molecule has 5 nitrogen and oxygen atoms in total. The fraction of sp³-hybridized carbons (Fsp3) is 0.652. The van der Waals surface area contributed by atoms with Crippen LogP contribution in [0.2, 0.25) is 0 Å². The van der Waals surface area contributed by atoms with E-state index in [1.165, 1.54) is 37.7 Å². The van der Waals surface area contributed by atoms with Gasteiger partial charge in [-0.15, -0.1) is 0 Å². The summed E-state index contributed by atoms with van der Waals surface area (Å²) in [6.07, 6.45) is 8.16. The number of likely N-dealkylation sites (tertiary alicyclic amines) is 1. The highest BCUT2D eigenvalue weighted by Gasteiger charge is 2.26. The van der Waals surface area contributed by atoms with Crippen molar-refractivity contribution >= 4 is 17.5 Å². The predicted octanol–water partition coefficient (Wildman–Crippen LogP) is 3.65. The van der Waals surface area contributed by atoms with Crippen LogP contribution in [0, 0.1) is 25.7 Å². The van der Waals surface area contributed by atoms with Gasteiger partial charge in [0.15, 0.2) is 0 Å². The van der Waals surface area contributed by atoms with Gasteiger partial charge in [0, 0.05) is 18.2 Å². The van der Waals surface area contributed by atoms with Crippen LogP contribution in [0.3, 0.4) is 0 Å². The Labute approximate surface area is 169 Å². The molecule has 2 amide bonds. The lowest BCUT2D eigenvalue weighted by atomic mass is 9.89. The van der Waals surface area contributed by atoms with Crippen molar-refractivity contribution in [2.75, 3.05) is 31.5 Å². The molecule has 0 aromatic heterocycles. The molecule has 0 spiro atoms. The fourth-order valence-corrected chi connectivity index (χ4v) is 4.48. The highest BCUT2D eigenvalue weighted by molar-refractivity contribution is 5.93. The normalized spacial score (nSPS) is 19.4. The van der Waals surface area contributed by atoms with Crippen LogP contribution in [0.5, 0.6) is 0 Å². The topological polar surface area (TPSA) is 61.4 Å². The third-order valence-electron chi connectivity index (χ3n) is 6.27. The van der Waals surface area contributed by atoms with E-state index in [0.717, 1.165) is 43.7 Å². The number of anilines is 1. The zero-order valence-electron chi connectivity index (χ0n) is 17.4. The standard InChI is InChI=1S/C23H35N3O2/c1-17-8-9-21(18(2)14-17)25-22(27)16-26-12-10-20(11-13-26)23(28)24-15-19-6-4-3-5-7-19/h8-9,14,19-20H,3-7,10-13,15-16H2,1-2H3,(H,24,28)(H,25,27). The smallest absolute Gasteiger partial charge is 0.238 e. The number of benzene rings is 1. The molecule has 5 heteroatoms. The molecule has 2 fully saturated rings. The summed E-state index contributed by atoms with van der Waals surface area (Å²) >= 11 is 0. The van der Waals surface area contributed by atoms with Crippen LogP contribution in [0.15, 0.2) is 18.2 Å². The van der Waals surface area contributed by atoms with Gasteiger partial charge in [0.05, 0.1) is 6.54 Å². The summed E-state index contributed by atoms with van der Waals surface area (Å²) in [5, 5.41) is 6.20. The first-order valence-corrected chi connectivity index (χ1v) is 10.9. The number of aryl methyl sites for hydroxylation is 2. The molecule has 0 atom stereocenters. The van der Waals surface area contributed by atoms with Gasteiger partial charge in [-0.1, -0.05) is 37.0 Å². The number of nitrogens with zero attached hydrogens (tertiary/aromatic N) is 1. The second kappa shape index (κ2) is 10.1. The molecule has 1 heterocycles. The van der Waals surface area contributed by atoms with E-state index in [1.807, 2.05) is 26.0 Å². The summed E-state index contributed by atoms with van der Waals surface area (Å²) < 4.78 is 0. The van der Waals surface area contributed by atoms with Gasteiger partial charge >= 0.3 is 0 Å². The van der Waals surface area contributed by atoms with E-state index in [2.05, 4.69) is 21.6 Å². The van der Waals surface area contributed by atoms with Crippen molar-refractivity contribution in [3.05, 3.63) is 29.3 Å². The minimum absolute atomic E-state index is 0.0205. The molecule has 2 aliphatic rings. The molecule has 1 aromatic carbocycles. The lowest BCUT2D eigenvalue weighted by molar-refractivity contribution is -0.126. The maximum atomic E-state index is 12.5. The van der Waals surface area contributed by atoms with E-state index in [0.29, 0.717) is 12.5 Å². The maximum Gasteiger partial charge on any atom is 0.238 e. The Morgan fingerprint density at radius 2 is 1.75 bits per heavy atom. The summed E-state index contributed by atoms with van der Waals surface area (Å²) in [5.41, 5.74) is 3.16. The van der Waals surface area contributed by atoms with Crippen molar-refractivity contribution in [1.29, 1.82) is 0 Å². The third-order valence-corrected chi connectivity index (χ3v) is 6.27. The van der Waals surface area contributed by atoms with E-state index in [9.17, 15) is 9.59 Å². The number of carbonyl (C=O) groups is 2. The highest BCUT2D eigenvalue weighted by atomic mass is 16.2. The SMILES string of the molecule is Cc1ccc(NC(=O)CN2CCC(C(=O)NCC3CCCCC3)CC2)c(C)c1. The molecule has 154 valence electrons. The third kappa shape index (κ3) is 6.06. The average molecular weight is 386 g/mol. The first-order valence-electron chi connectivity index (χ1n) is 10.9. The summed E-state index contributed by atoms with van der Waals surface area (Å²) in [6.45, 7) is 6.92. The Morgan fingerprint density at radius 1 is 1.04 bits per heavy atom. The van der Waals surface area contributed by atoms with Crippen molar-refractivity contribution in [3.63, 3.8) is 0 Å². The van der Waals surface area contributed by atoms with E-state index in [1.54, 1.807) is 0 Å². The molecule has 1 saturated carbocycles. The number of amides is 2. The highest BCUT2D eigenvalue weighted by Crippen LogP contribution is 2.23. The number of carbonyl (C=O) groups excluding carboxylic acids is 2. The van der Waals surface area contributed by atoms with Crippen molar-refractivity contribution < 1.29 is 9.59 Å². The summed E-state index contributed by atoms with van der Waals surface area (Å²) in [4.78, 5) is 27.0. The van der Waals surface area contributed by atoms with Gasteiger partial charge in [-0.2, -0.15) is 0 Å². The summed E-state index contributed by atoms with van der Waals surface area (Å²) in [6, 6.07) is 6.05. The van der Waals surface area contributed by atoms with E-state index in [4.69, 9.17) is 0 Å². The molecule has 1 aliphatic heterocycles. The molecule has 1 aliphatic carbocycles. The largest absolute Gasteiger partial charge is 0.356 e. The van der Waals surface area contributed by atoms with Gasteiger partial charge in [-0.3, -0.25) is 14.5 Å². The van der Waals surface area contributed by atoms with Crippen LogP contribution in [-0.4, -0.2) is 42.9 Å². The molecule has 3 rings (SSSR count). The van der Waals surface area contributed by atoms with Gasteiger partial charge < -0.3 is 10.6 Å². The maximum absolute atomic E-state index is 12.5. The first kappa shape index (κ1) is 20.8. The Hall–Kier alpha value is -1.88. The number of piperidine rings is 1. The van der Waals surface area contributed by atoms with Crippen LogP contribution in [0.4, 0.5) is 5.69 Å². The Bertz CT molecular complexity index is 674. The van der Waals surface area contributed by atoms with Crippen molar-refractivity contribution in [2.45, 2.75) is 58.8 Å². The molecule has 28 heavy (non-hydrogen) atoms. The Balaban J connectivity index is 1.37. The molecule has 0 bridgehead atoms. The predicted molar refractivity (Wildman–Crippen MR) is 113 cm³/mol. The average Bonchev–Trinajstić information content (AvgIpc) is 2.69. The molecule has 1 aromatic rings. The molecule has 0 unspecified atom stereocenters. The van der Waals surface area contributed by atoms with Gasteiger partial charge in [-0.25, -0.2) is 0 Å². The van der Waals surface area contributed by atoms with E-state index >= 15 is 0 Å². The number of nitrogens with one attached hydrogen (secondary N) is 2. The quantitative estimate of drug-likeness (QED) is 0.786. The number of hydrogen-bond acceptors (Lipinski definition) is 3. The van der Waals surface area contributed by atoms with E-state index < -0.39 is 0 Å². The second-order valence-corrected chi connectivity index (χ2v) is 8.67. The Kier molecular flexibility index (Phi) is 7.49. The van der Waals surface area contributed by atoms with Crippen LogP contribution in [0.1, 0.15) is 56.1 Å². The zero-order chi connectivity index (χ0) is 19.9. The summed E-state index contributed by atoms with van der Waals surface area (Å²) in [5.74, 6) is 1.01. The molecular weight excluding hydrogens is 350 g/mol. The Morgan fingerprint density at radius 3 is 2.43 bits per heavy atom. The molecule has 2 N–H and O–H groups in total. The van der Waals surface area contributed by atoms with Gasteiger partial charge in [0.1, 0.15) is 0 Å². The van der Waals surface area contributed by atoms with Gasteiger partial charge in [0.2, 0.25) is 11.8 Å². The van der Waals surface area contributed by atoms with Crippen molar-refractivity contribution in [3.8, 4) is 0 Å². The van der Waals surface area contributed by atoms with Crippen molar-refractivity contribution in [1.82, 2.24) is 10.2 Å². The first-order chi connectivity index (χ1) is 13.5. The van der Waals surface area contributed by atoms with Crippen LogP contribution >= 0.6 is 0 Å². The zero-order valence-corrected chi connectivity index (χ0v) is 17.4. The molecular formula is C23H35N3O2. The van der Waals surface area contributed by atoms with Crippen LogP contribution < -0.4 is 10.6 Å². The summed E-state index contributed by atoms with van der Waals surface area (Å²) in [7, 11) is 0. The van der Waals surface area contributed by atoms with Crippen LogP contribution in [0.25, 0.3) is 0 Å². The minimum Gasteiger partial charge on any atom is -0.356 e. The molecule has 0 radical (unpaired) electrons. The van der Waals surface area contributed by atoms with Gasteiger partial charge in [0.25, 0.3) is 0 Å². The molecule has 1 saturated heterocycles. The van der Waals surface area contributed by atoms with Crippen molar-refractivity contribution in [2.24, 2.45) is 11.8 Å². The minimum atomic E-state index is 0.0205. The van der Waals surface area contributed by atoms with Crippen LogP contribution in [-0.2, 0) is 9.59 Å². The monoisotopic (exact) mass is 385 g/mol. The van der Waals surface area contributed by atoms with Gasteiger partial charge in [-0.05, 0) is 70.2 Å². The lowest BCUT2D eigenvalue weighted by Crippen LogP contribution is -2.44. The number of rotatable bonds is 6.